The monoisotopic (exact) mass is 531 g/mol. The summed E-state index contributed by atoms with van der Waals surface area (Å²) in [5, 5.41) is 0. The summed E-state index contributed by atoms with van der Waals surface area (Å²) in [6.07, 6.45) is 0. The minimum atomic E-state index is -0.658. The van der Waals surface area contributed by atoms with Gasteiger partial charge in [-0.1, -0.05) is 121 Å². The van der Waals surface area contributed by atoms with Crippen LogP contribution in [-0.4, -0.2) is 65.5 Å². The van der Waals surface area contributed by atoms with Crippen molar-refractivity contribution >= 4 is 11.9 Å². The highest BCUT2D eigenvalue weighted by Crippen LogP contribution is 2.48. The maximum atomic E-state index is 14.2. The number of methoxy groups -OCH3 is 1. The molecule has 0 radical (unpaired) electrons. The highest BCUT2D eigenvalue weighted by Gasteiger charge is 2.58. The smallest absolute Gasteiger partial charge is 0.329 e. The average molecular weight is 532 g/mol. The topological polar surface area (TPSA) is 52.9 Å². The fourth-order valence-electron chi connectivity index (χ4n) is 6.18. The molecule has 6 heteroatoms. The molecule has 0 aromatic heterocycles. The van der Waals surface area contributed by atoms with Crippen molar-refractivity contribution in [2.24, 2.45) is 0 Å². The van der Waals surface area contributed by atoms with Gasteiger partial charge in [0.2, 0.25) is 5.91 Å². The Balaban J connectivity index is 1.36. The van der Waals surface area contributed by atoms with Gasteiger partial charge in [-0.3, -0.25) is 14.6 Å². The van der Waals surface area contributed by atoms with Crippen LogP contribution in [0.1, 0.15) is 22.3 Å². The Kier molecular flexibility index (Phi) is 7.20. The van der Waals surface area contributed by atoms with E-state index in [0.29, 0.717) is 26.3 Å². The van der Waals surface area contributed by atoms with E-state index in [-0.39, 0.29) is 17.9 Å². The Morgan fingerprint density at radius 2 is 1.18 bits per heavy atom. The van der Waals surface area contributed by atoms with E-state index in [1.165, 1.54) is 7.11 Å². The molecule has 1 unspecified atom stereocenters. The second kappa shape index (κ2) is 11.1. The van der Waals surface area contributed by atoms with Gasteiger partial charge in [-0.2, -0.15) is 0 Å². The lowest BCUT2D eigenvalue weighted by Crippen LogP contribution is -2.47. The molecule has 2 aliphatic heterocycles. The summed E-state index contributed by atoms with van der Waals surface area (Å²) in [5.74, 6) is -0.422. The number of nitrogens with zero attached hydrogens (tertiary/aromatic N) is 3. The van der Waals surface area contributed by atoms with Crippen LogP contribution < -0.4 is 0 Å². The lowest BCUT2D eigenvalue weighted by atomic mass is 9.76. The van der Waals surface area contributed by atoms with Crippen LogP contribution >= 0.6 is 0 Å². The van der Waals surface area contributed by atoms with E-state index in [9.17, 15) is 9.59 Å². The minimum Gasteiger partial charge on any atom is -0.467 e. The number of carbonyl (C=O) groups is 2. The average Bonchev–Trinajstić information content (AvgIpc) is 3.71. The van der Waals surface area contributed by atoms with Crippen molar-refractivity contribution in [3.05, 3.63) is 144 Å². The fraction of sp³-hybridized carbons (Fsp3) is 0.235. The molecule has 0 N–H and O–H groups in total. The highest BCUT2D eigenvalue weighted by molar-refractivity contribution is 5.90. The van der Waals surface area contributed by atoms with Gasteiger partial charge in [0.1, 0.15) is 12.1 Å². The van der Waals surface area contributed by atoms with Crippen molar-refractivity contribution < 1.29 is 14.3 Å². The van der Waals surface area contributed by atoms with Crippen LogP contribution in [0.2, 0.25) is 0 Å². The normalized spacial score (nSPS) is 20.7. The summed E-state index contributed by atoms with van der Waals surface area (Å²) >= 11 is 0. The quantitative estimate of drug-likeness (QED) is 0.190. The number of rotatable bonds is 8. The van der Waals surface area contributed by atoms with Crippen LogP contribution in [0.25, 0.3) is 0 Å². The fourth-order valence-corrected chi connectivity index (χ4v) is 6.18. The third-order valence-electron chi connectivity index (χ3n) is 8.07. The van der Waals surface area contributed by atoms with Crippen LogP contribution in [-0.2, 0) is 26.4 Å². The molecule has 202 valence electrons. The zero-order chi connectivity index (χ0) is 27.5. The van der Waals surface area contributed by atoms with Gasteiger partial charge in [0.15, 0.2) is 0 Å². The predicted octanol–water partition coefficient (Wildman–Crippen LogP) is 4.51. The van der Waals surface area contributed by atoms with Crippen LogP contribution in [0.4, 0.5) is 0 Å². The van der Waals surface area contributed by atoms with E-state index in [4.69, 9.17) is 4.74 Å². The maximum absolute atomic E-state index is 14.2. The first-order chi connectivity index (χ1) is 19.6. The van der Waals surface area contributed by atoms with Gasteiger partial charge >= 0.3 is 5.97 Å². The second-order valence-corrected chi connectivity index (χ2v) is 10.5. The summed E-state index contributed by atoms with van der Waals surface area (Å²) in [6, 6.07) is 40.2. The summed E-state index contributed by atoms with van der Waals surface area (Å²) in [7, 11) is 1.39. The molecule has 2 heterocycles. The number of hydrogen-bond acceptors (Lipinski definition) is 5. The molecular weight excluding hydrogens is 498 g/mol. The van der Waals surface area contributed by atoms with E-state index in [2.05, 4.69) is 58.3 Å². The number of hydrogen-bond donors (Lipinski definition) is 0. The molecule has 0 spiro atoms. The van der Waals surface area contributed by atoms with Gasteiger partial charge < -0.3 is 9.64 Å². The maximum Gasteiger partial charge on any atom is 0.329 e. The molecule has 0 bridgehead atoms. The van der Waals surface area contributed by atoms with Gasteiger partial charge in [0, 0.05) is 19.6 Å². The zero-order valence-electron chi connectivity index (χ0n) is 22.6. The molecule has 6 nitrogen and oxygen atoms in total. The first-order valence-electron chi connectivity index (χ1n) is 13.7. The van der Waals surface area contributed by atoms with Crippen LogP contribution in [0, 0.1) is 0 Å². The molecule has 4 aromatic rings. The first-order valence-corrected chi connectivity index (χ1v) is 13.7. The predicted molar refractivity (Wildman–Crippen MR) is 154 cm³/mol. The zero-order valence-corrected chi connectivity index (χ0v) is 22.6. The standard InChI is InChI=1S/C34H33N3O3/c1-40-33(39)31-23-35(22-26-14-6-2-7-15-26)25-36(31)32(38)30-24-37(30)34(27-16-8-3-9-17-27,28-18-10-4-11-19-28)29-20-12-5-13-21-29/h2-21,30-31H,22-25H2,1H3/t30?,31-,37-/m1/s1. The number of esters is 1. The highest BCUT2D eigenvalue weighted by atomic mass is 16.5. The number of ether oxygens (including phenoxy) is 1. The van der Waals surface area contributed by atoms with Crippen LogP contribution in [0.5, 0.6) is 0 Å². The SMILES string of the molecule is COC(=O)[C@H]1CN(Cc2ccccc2)CN1C(=O)C1C[N@@]1C(c1ccccc1)(c1ccccc1)c1ccccc1. The molecule has 40 heavy (non-hydrogen) atoms. The minimum absolute atomic E-state index is 0.0434. The Morgan fingerprint density at radius 3 is 1.65 bits per heavy atom. The first kappa shape index (κ1) is 26.0. The van der Waals surface area contributed by atoms with E-state index < -0.39 is 11.6 Å². The Bertz CT molecular complexity index is 1350. The van der Waals surface area contributed by atoms with E-state index in [0.717, 1.165) is 22.3 Å². The second-order valence-electron chi connectivity index (χ2n) is 10.5. The molecule has 2 aliphatic rings. The molecule has 2 fully saturated rings. The Morgan fingerprint density at radius 1 is 0.700 bits per heavy atom. The molecule has 3 atom stereocenters. The molecule has 6 rings (SSSR count). The van der Waals surface area contributed by atoms with Gasteiger partial charge in [-0.25, -0.2) is 4.79 Å². The molecule has 0 aliphatic carbocycles. The molecule has 2 saturated heterocycles. The van der Waals surface area contributed by atoms with Crippen LogP contribution in [0.3, 0.4) is 0 Å². The van der Waals surface area contributed by atoms with Gasteiger partial charge in [-0.05, 0) is 22.3 Å². The van der Waals surface area contributed by atoms with E-state index in [1.807, 2.05) is 72.8 Å². The van der Waals surface area contributed by atoms with Crippen LogP contribution in [0.15, 0.2) is 121 Å². The Hall–Kier alpha value is -4.26. The van der Waals surface area contributed by atoms with Crippen molar-refractivity contribution in [3.63, 3.8) is 0 Å². The summed E-state index contributed by atoms with van der Waals surface area (Å²) in [4.78, 5) is 33.2. The lowest BCUT2D eigenvalue weighted by Gasteiger charge is -2.38. The summed E-state index contributed by atoms with van der Waals surface area (Å²) in [6.45, 7) is 2.07. The third kappa shape index (κ3) is 4.70. The van der Waals surface area contributed by atoms with Gasteiger partial charge in [0.05, 0.1) is 19.3 Å². The van der Waals surface area contributed by atoms with Gasteiger partial charge in [-0.15, -0.1) is 0 Å². The lowest BCUT2D eigenvalue weighted by molar-refractivity contribution is -0.150. The summed E-state index contributed by atoms with van der Waals surface area (Å²) < 4.78 is 5.14. The molecule has 0 saturated carbocycles. The van der Waals surface area contributed by atoms with Crippen molar-refractivity contribution in [2.75, 3.05) is 26.9 Å². The van der Waals surface area contributed by atoms with Crippen molar-refractivity contribution in [1.82, 2.24) is 14.7 Å². The summed E-state index contributed by atoms with van der Waals surface area (Å²) in [5.41, 5.74) is 3.77. The Labute approximate surface area is 235 Å². The number of carbonyl (C=O) groups excluding carboxylic acids is 2. The van der Waals surface area contributed by atoms with E-state index >= 15 is 0 Å². The molecular formula is C34H33N3O3. The number of benzene rings is 4. The third-order valence-corrected chi connectivity index (χ3v) is 8.07. The number of amides is 1. The van der Waals surface area contributed by atoms with Crippen molar-refractivity contribution in [3.8, 4) is 0 Å². The molecule has 4 aromatic carbocycles. The van der Waals surface area contributed by atoms with Crippen molar-refractivity contribution in [1.29, 1.82) is 0 Å². The van der Waals surface area contributed by atoms with E-state index in [1.54, 1.807) is 4.90 Å². The van der Waals surface area contributed by atoms with Gasteiger partial charge in [0.25, 0.3) is 0 Å². The van der Waals surface area contributed by atoms with Crippen molar-refractivity contribution in [2.45, 2.75) is 24.2 Å². The largest absolute Gasteiger partial charge is 0.467 e. The molecule has 1 amide bonds.